The monoisotopic (exact) mass is 212 g/mol. The van der Waals surface area contributed by atoms with Crippen molar-refractivity contribution in [2.75, 3.05) is 32.8 Å². The van der Waals surface area contributed by atoms with Crippen molar-refractivity contribution in [3.63, 3.8) is 0 Å². The van der Waals surface area contributed by atoms with Gasteiger partial charge in [-0.15, -0.1) is 0 Å². The second-order valence-corrected chi connectivity index (χ2v) is 4.54. The highest BCUT2D eigenvalue weighted by Crippen LogP contribution is 2.32. The molecule has 1 unspecified atom stereocenters. The lowest BCUT2D eigenvalue weighted by molar-refractivity contribution is -0.138. The van der Waals surface area contributed by atoms with Gasteiger partial charge >= 0.3 is 0 Å². The molecule has 86 valence electrons. The minimum absolute atomic E-state index is 0.0202. The van der Waals surface area contributed by atoms with Crippen LogP contribution in [-0.4, -0.2) is 59.6 Å². The molecule has 0 aromatic heterocycles. The molecule has 1 amide bonds. The molecular weight excluding hydrogens is 192 g/mol. The summed E-state index contributed by atoms with van der Waals surface area (Å²) in [4.78, 5) is 16.1. The number of likely N-dealkylation sites (N-methyl/N-ethyl adjacent to an activating group) is 1. The minimum atomic E-state index is 0.0202. The normalized spacial score (nSPS) is 28.1. The van der Waals surface area contributed by atoms with Crippen LogP contribution in [0.15, 0.2) is 0 Å². The van der Waals surface area contributed by atoms with Crippen LogP contribution in [0.5, 0.6) is 0 Å². The second kappa shape index (κ2) is 4.49. The third-order valence-corrected chi connectivity index (χ3v) is 3.43. The fourth-order valence-electron chi connectivity index (χ4n) is 2.22. The third-order valence-electron chi connectivity index (χ3n) is 3.43. The van der Waals surface area contributed by atoms with Gasteiger partial charge in [-0.25, -0.2) is 0 Å². The number of amides is 1. The molecule has 2 aliphatic rings. The summed E-state index contributed by atoms with van der Waals surface area (Å²) >= 11 is 0. The number of carbonyl (C=O) groups is 1. The summed E-state index contributed by atoms with van der Waals surface area (Å²) in [6, 6.07) is 0.0202. The van der Waals surface area contributed by atoms with E-state index in [1.165, 1.54) is 0 Å². The van der Waals surface area contributed by atoms with E-state index in [4.69, 9.17) is 0 Å². The van der Waals surface area contributed by atoms with Gasteiger partial charge in [0, 0.05) is 25.6 Å². The van der Waals surface area contributed by atoms with Crippen molar-refractivity contribution in [1.82, 2.24) is 9.80 Å². The standard InChI is InChI=1S/C11H20N2O2/c1-2-12-5-6-13(10(7-12)8-14)11(15)9-3-4-9/h9-10,14H,2-8H2,1H3. The Morgan fingerprint density at radius 1 is 1.40 bits per heavy atom. The van der Waals surface area contributed by atoms with E-state index in [1.807, 2.05) is 4.90 Å². The number of piperazine rings is 1. The summed E-state index contributed by atoms with van der Waals surface area (Å²) in [6.07, 6.45) is 2.09. The smallest absolute Gasteiger partial charge is 0.226 e. The van der Waals surface area contributed by atoms with Crippen molar-refractivity contribution < 1.29 is 9.90 Å². The van der Waals surface area contributed by atoms with Gasteiger partial charge in [0.15, 0.2) is 0 Å². The largest absolute Gasteiger partial charge is 0.394 e. The molecule has 2 fully saturated rings. The fraction of sp³-hybridized carbons (Fsp3) is 0.909. The van der Waals surface area contributed by atoms with Crippen LogP contribution in [0.1, 0.15) is 19.8 Å². The molecule has 1 aliphatic carbocycles. The maximum absolute atomic E-state index is 11.9. The molecule has 4 heteroatoms. The van der Waals surface area contributed by atoms with E-state index in [0.717, 1.165) is 39.0 Å². The molecule has 0 aromatic carbocycles. The predicted octanol–water partition coefficient (Wildman–Crippen LogP) is -0.0786. The minimum Gasteiger partial charge on any atom is -0.394 e. The van der Waals surface area contributed by atoms with Crippen molar-refractivity contribution in [1.29, 1.82) is 0 Å². The Hall–Kier alpha value is -0.610. The Morgan fingerprint density at radius 3 is 2.67 bits per heavy atom. The van der Waals surface area contributed by atoms with Crippen molar-refractivity contribution in [3.05, 3.63) is 0 Å². The molecule has 1 atom stereocenters. The number of hydrogen-bond acceptors (Lipinski definition) is 3. The van der Waals surface area contributed by atoms with Crippen molar-refractivity contribution in [2.24, 2.45) is 5.92 Å². The zero-order valence-electron chi connectivity index (χ0n) is 9.35. The maximum Gasteiger partial charge on any atom is 0.226 e. The van der Waals surface area contributed by atoms with Gasteiger partial charge in [0.1, 0.15) is 0 Å². The first-order valence-corrected chi connectivity index (χ1v) is 5.90. The van der Waals surface area contributed by atoms with E-state index < -0.39 is 0 Å². The number of nitrogens with zero attached hydrogens (tertiary/aromatic N) is 2. The molecule has 1 saturated heterocycles. The van der Waals surface area contributed by atoms with E-state index >= 15 is 0 Å². The Balaban J connectivity index is 1.95. The van der Waals surface area contributed by atoms with Crippen LogP contribution in [-0.2, 0) is 4.79 Å². The lowest BCUT2D eigenvalue weighted by Gasteiger charge is -2.40. The summed E-state index contributed by atoms with van der Waals surface area (Å²) < 4.78 is 0. The lowest BCUT2D eigenvalue weighted by atomic mass is 10.1. The molecule has 0 aromatic rings. The molecular formula is C11H20N2O2. The van der Waals surface area contributed by atoms with Gasteiger partial charge in [0.25, 0.3) is 0 Å². The molecule has 0 spiro atoms. The molecule has 4 nitrogen and oxygen atoms in total. The first-order chi connectivity index (χ1) is 7.26. The van der Waals surface area contributed by atoms with Gasteiger partial charge in [0.05, 0.1) is 12.6 Å². The number of aliphatic hydroxyl groups is 1. The van der Waals surface area contributed by atoms with Crippen LogP contribution < -0.4 is 0 Å². The number of aliphatic hydroxyl groups excluding tert-OH is 1. The van der Waals surface area contributed by atoms with E-state index in [1.54, 1.807) is 0 Å². The molecule has 1 N–H and O–H groups in total. The summed E-state index contributed by atoms with van der Waals surface area (Å²) in [5.74, 6) is 0.539. The van der Waals surface area contributed by atoms with E-state index in [2.05, 4.69) is 11.8 Å². The Labute approximate surface area is 90.9 Å². The summed E-state index contributed by atoms with van der Waals surface area (Å²) in [5.41, 5.74) is 0. The lowest BCUT2D eigenvalue weighted by Crippen LogP contribution is -2.56. The van der Waals surface area contributed by atoms with Crippen LogP contribution >= 0.6 is 0 Å². The summed E-state index contributed by atoms with van der Waals surface area (Å²) in [6.45, 7) is 5.77. The first-order valence-electron chi connectivity index (χ1n) is 5.90. The quantitative estimate of drug-likeness (QED) is 0.711. The fourth-order valence-corrected chi connectivity index (χ4v) is 2.22. The SMILES string of the molecule is CCN1CCN(C(=O)C2CC2)C(CO)C1. The Bertz CT molecular complexity index is 241. The van der Waals surface area contributed by atoms with Crippen molar-refractivity contribution in [2.45, 2.75) is 25.8 Å². The highest BCUT2D eigenvalue weighted by molar-refractivity contribution is 5.81. The van der Waals surface area contributed by atoms with Gasteiger partial charge in [-0.1, -0.05) is 6.92 Å². The van der Waals surface area contributed by atoms with E-state index in [-0.39, 0.29) is 24.5 Å². The van der Waals surface area contributed by atoms with Gasteiger partial charge < -0.3 is 10.0 Å². The Morgan fingerprint density at radius 2 is 2.13 bits per heavy atom. The van der Waals surface area contributed by atoms with Crippen molar-refractivity contribution in [3.8, 4) is 0 Å². The third kappa shape index (κ3) is 2.32. The molecule has 0 bridgehead atoms. The Kier molecular flexibility index (Phi) is 3.26. The van der Waals surface area contributed by atoms with Gasteiger partial charge in [-0.3, -0.25) is 9.69 Å². The summed E-state index contributed by atoms with van der Waals surface area (Å²) in [5, 5.41) is 9.31. The molecule has 1 aliphatic heterocycles. The second-order valence-electron chi connectivity index (χ2n) is 4.54. The van der Waals surface area contributed by atoms with Crippen LogP contribution in [0, 0.1) is 5.92 Å². The zero-order valence-corrected chi connectivity index (χ0v) is 9.35. The van der Waals surface area contributed by atoms with E-state index in [9.17, 15) is 9.90 Å². The van der Waals surface area contributed by atoms with Crippen molar-refractivity contribution >= 4 is 5.91 Å². The molecule has 2 rings (SSSR count). The predicted molar refractivity (Wildman–Crippen MR) is 57.4 cm³/mol. The van der Waals surface area contributed by atoms with E-state index in [0.29, 0.717) is 0 Å². The maximum atomic E-state index is 11.9. The molecule has 0 radical (unpaired) electrons. The molecule has 1 saturated carbocycles. The topological polar surface area (TPSA) is 43.8 Å². The zero-order chi connectivity index (χ0) is 10.8. The number of carbonyl (C=O) groups excluding carboxylic acids is 1. The average Bonchev–Trinajstić information content (AvgIpc) is 3.11. The van der Waals surface area contributed by atoms with Crippen LogP contribution in [0.4, 0.5) is 0 Å². The molecule has 1 heterocycles. The van der Waals surface area contributed by atoms with Gasteiger partial charge in [-0.2, -0.15) is 0 Å². The first kappa shape index (κ1) is 10.9. The van der Waals surface area contributed by atoms with Gasteiger partial charge in [0.2, 0.25) is 5.91 Å². The number of hydrogen-bond donors (Lipinski definition) is 1. The average molecular weight is 212 g/mol. The summed E-state index contributed by atoms with van der Waals surface area (Å²) in [7, 11) is 0. The number of rotatable bonds is 3. The highest BCUT2D eigenvalue weighted by atomic mass is 16.3. The molecule has 15 heavy (non-hydrogen) atoms. The van der Waals surface area contributed by atoms with Crippen LogP contribution in [0.2, 0.25) is 0 Å². The van der Waals surface area contributed by atoms with Gasteiger partial charge in [-0.05, 0) is 19.4 Å². The van der Waals surface area contributed by atoms with Crippen LogP contribution in [0.3, 0.4) is 0 Å². The highest BCUT2D eigenvalue weighted by Gasteiger charge is 2.38. The van der Waals surface area contributed by atoms with Crippen LogP contribution in [0.25, 0.3) is 0 Å².